The van der Waals surface area contributed by atoms with Crippen molar-refractivity contribution < 1.29 is 13.9 Å². The maximum absolute atomic E-state index is 12.6. The van der Waals surface area contributed by atoms with Gasteiger partial charge in [-0.05, 0) is 23.8 Å². The van der Waals surface area contributed by atoms with E-state index in [4.69, 9.17) is 4.74 Å². The minimum Gasteiger partial charge on any atom is -0.383 e. The number of halogens is 1. The molecule has 0 aliphatic heterocycles. The molecule has 0 saturated heterocycles. The zero-order valence-corrected chi connectivity index (χ0v) is 9.07. The minimum absolute atomic E-state index is 0.193. The second kappa shape index (κ2) is 6.74. The molecule has 16 heavy (non-hydrogen) atoms. The van der Waals surface area contributed by atoms with Crippen molar-refractivity contribution in [2.75, 3.05) is 20.3 Å². The number of amides is 1. The van der Waals surface area contributed by atoms with Gasteiger partial charge in [-0.1, -0.05) is 12.1 Å². The van der Waals surface area contributed by atoms with Gasteiger partial charge < -0.3 is 10.1 Å². The van der Waals surface area contributed by atoms with Gasteiger partial charge in [0.25, 0.3) is 0 Å². The molecule has 0 heterocycles. The fourth-order valence-electron chi connectivity index (χ4n) is 1.08. The summed E-state index contributed by atoms with van der Waals surface area (Å²) >= 11 is 0. The second-order valence-corrected chi connectivity index (χ2v) is 3.17. The van der Waals surface area contributed by atoms with Crippen LogP contribution in [0.25, 0.3) is 6.08 Å². The van der Waals surface area contributed by atoms with E-state index in [1.165, 1.54) is 18.2 Å². The van der Waals surface area contributed by atoms with Crippen molar-refractivity contribution in [1.29, 1.82) is 0 Å². The van der Waals surface area contributed by atoms with E-state index in [1.807, 2.05) is 0 Å². The summed E-state index contributed by atoms with van der Waals surface area (Å²) in [6, 6.07) is 5.91. The number of hydrogen-bond acceptors (Lipinski definition) is 2. The predicted octanol–water partition coefficient (Wildman–Crippen LogP) is 1.60. The topological polar surface area (TPSA) is 38.3 Å². The second-order valence-electron chi connectivity index (χ2n) is 3.17. The monoisotopic (exact) mass is 223 g/mol. The van der Waals surface area contributed by atoms with Crippen LogP contribution in [-0.4, -0.2) is 26.2 Å². The first-order chi connectivity index (χ1) is 7.72. The van der Waals surface area contributed by atoms with Gasteiger partial charge in [0.05, 0.1) is 6.61 Å². The fourth-order valence-corrected chi connectivity index (χ4v) is 1.08. The lowest BCUT2D eigenvalue weighted by molar-refractivity contribution is -0.116. The largest absolute Gasteiger partial charge is 0.383 e. The molecule has 1 aromatic carbocycles. The lowest BCUT2D eigenvalue weighted by Crippen LogP contribution is -2.24. The molecule has 86 valence electrons. The van der Waals surface area contributed by atoms with Gasteiger partial charge in [0.1, 0.15) is 5.82 Å². The first-order valence-electron chi connectivity index (χ1n) is 4.93. The number of hydrogen-bond donors (Lipinski definition) is 1. The lowest BCUT2D eigenvalue weighted by atomic mass is 10.2. The third-order valence-electron chi connectivity index (χ3n) is 1.90. The van der Waals surface area contributed by atoms with Gasteiger partial charge in [0.2, 0.25) is 5.91 Å². The molecule has 0 fully saturated rings. The van der Waals surface area contributed by atoms with E-state index in [9.17, 15) is 9.18 Å². The molecule has 0 aliphatic rings. The van der Waals surface area contributed by atoms with Crippen molar-refractivity contribution in [3.63, 3.8) is 0 Å². The Labute approximate surface area is 93.9 Å². The molecule has 0 saturated carbocycles. The Balaban J connectivity index is 2.41. The summed E-state index contributed by atoms with van der Waals surface area (Å²) in [6.07, 6.45) is 3.03. The first kappa shape index (κ1) is 12.4. The Morgan fingerprint density at radius 3 is 2.75 bits per heavy atom. The fraction of sp³-hybridized carbons (Fsp3) is 0.250. The molecule has 1 N–H and O–H groups in total. The summed E-state index contributed by atoms with van der Waals surface area (Å²) in [5.74, 6) is -0.483. The summed E-state index contributed by atoms with van der Waals surface area (Å²) in [5, 5.41) is 2.64. The van der Waals surface area contributed by atoms with E-state index in [0.29, 0.717) is 13.2 Å². The van der Waals surface area contributed by atoms with E-state index >= 15 is 0 Å². The number of nitrogens with one attached hydrogen (secondary N) is 1. The van der Waals surface area contributed by atoms with Crippen molar-refractivity contribution in [3.05, 3.63) is 41.7 Å². The maximum Gasteiger partial charge on any atom is 0.244 e. The molecular weight excluding hydrogens is 209 g/mol. The third-order valence-corrected chi connectivity index (χ3v) is 1.90. The van der Waals surface area contributed by atoms with E-state index in [1.54, 1.807) is 25.3 Å². The van der Waals surface area contributed by atoms with Crippen LogP contribution in [-0.2, 0) is 9.53 Å². The SMILES string of the molecule is COCCNC(=O)C=Cc1ccc(F)cc1. The number of benzene rings is 1. The lowest BCUT2D eigenvalue weighted by Gasteiger charge is -1.99. The highest BCUT2D eigenvalue weighted by molar-refractivity contribution is 5.91. The number of ether oxygens (including phenoxy) is 1. The van der Waals surface area contributed by atoms with E-state index in [2.05, 4.69) is 5.32 Å². The van der Waals surface area contributed by atoms with Crippen LogP contribution >= 0.6 is 0 Å². The summed E-state index contributed by atoms with van der Waals surface area (Å²) < 4.78 is 17.4. The van der Waals surface area contributed by atoms with Crippen molar-refractivity contribution in [2.24, 2.45) is 0 Å². The molecule has 3 nitrogen and oxygen atoms in total. The summed E-state index contributed by atoms with van der Waals surface area (Å²) in [6.45, 7) is 0.958. The molecular formula is C12H14FNO2. The van der Waals surface area contributed by atoms with Crippen LogP contribution in [0.2, 0.25) is 0 Å². The van der Waals surface area contributed by atoms with Crippen molar-refractivity contribution in [3.8, 4) is 0 Å². The molecule has 0 atom stereocenters. The van der Waals surface area contributed by atoms with Crippen molar-refractivity contribution in [1.82, 2.24) is 5.32 Å². The zero-order valence-electron chi connectivity index (χ0n) is 9.07. The van der Waals surface area contributed by atoms with Gasteiger partial charge in [-0.3, -0.25) is 4.79 Å². The number of carbonyl (C=O) groups is 1. The number of carbonyl (C=O) groups excluding carboxylic acids is 1. The molecule has 0 aromatic heterocycles. The zero-order chi connectivity index (χ0) is 11.8. The number of methoxy groups -OCH3 is 1. The highest BCUT2D eigenvalue weighted by atomic mass is 19.1. The number of rotatable bonds is 5. The van der Waals surface area contributed by atoms with E-state index in [0.717, 1.165) is 5.56 Å². The molecule has 1 aromatic rings. The van der Waals surface area contributed by atoms with Crippen molar-refractivity contribution in [2.45, 2.75) is 0 Å². The Kier molecular flexibility index (Phi) is 5.22. The summed E-state index contributed by atoms with van der Waals surface area (Å²) in [5.41, 5.74) is 0.781. The highest BCUT2D eigenvalue weighted by Gasteiger charge is 1.94. The van der Waals surface area contributed by atoms with Crippen LogP contribution in [0.1, 0.15) is 5.56 Å². The maximum atomic E-state index is 12.6. The van der Waals surface area contributed by atoms with Crippen LogP contribution in [0.5, 0.6) is 0 Å². The van der Waals surface area contributed by atoms with Gasteiger partial charge in [0.15, 0.2) is 0 Å². The normalized spacial score (nSPS) is 10.6. The smallest absolute Gasteiger partial charge is 0.244 e. The molecule has 0 bridgehead atoms. The molecule has 4 heteroatoms. The van der Waals surface area contributed by atoms with Crippen LogP contribution in [0.3, 0.4) is 0 Å². The molecule has 0 spiro atoms. The van der Waals surface area contributed by atoms with Crippen LogP contribution in [0.4, 0.5) is 4.39 Å². The summed E-state index contributed by atoms with van der Waals surface area (Å²) in [4.78, 5) is 11.2. The third kappa shape index (κ3) is 4.70. The molecule has 0 aliphatic carbocycles. The average molecular weight is 223 g/mol. The van der Waals surface area contributed by atoms with E-state index < -0.39 is 0 Å². The molecule has 0 unspecified atom stereocenters. The quantitative estimate of drug-likeness (QED) is 0.608. The van der Waals surface area contributed by atoms with Gasteiger partial charge in [0, 0.05) is 19.7 Å². The van der Waals surface area contributed by atoms with E-state index in [-0.39, 0.29) is 11.7 Å². The van der Waals surface area contributed by atoms with Gasteiger partial charge in [-0.25, -0.2) is 4.39 Å². The molecule has 1 amide bonds. The molecule has 0 radical (unpaired) electrons. The minimum atomic E-state index is -0.290. The predicted molar refractivity (Wildman–Crippen MR) is 60.3 cm³/mol. The Bertz CT molecular complexity index is 360. The average Bonchev–Trinajstić information content (AvgIpc) is 2.29. The Hall–Kier alpha value is -1.68. The highest BCUT2D eigenvalue weighted by Crippen LogP contribution is 2.04. The summed E-state index contributed by atoms with van der Waals surface area (Å²) in [7, 11) is 1.57. The van der Waals surface area contributed by atoms with Crippen LogP contribution in [0, 0.1) is 5.82 Å². The van der Waals surface area contributed by atoms with Gasteiger partial charge >= 0.3 is 0 Å². The standard InChI is InChI=1S/C12H14FNO2/c1-16-9-8-14-12(15)7-4-10-2-5-11(13)6-3-10/h2-7H,8-9H2,1H3,(H,14,15). The van der Waals surface area contributed by atoms with Crippen LogP contribution < -0.4 is 5.32 Å². The Morgan fingerprint density at radius 2 is 2.12 bits per heavy atom. The first-order valence-corrected chi connectivity index (χ1v) is 4.93. The van der Waals surface area contributed by atoms with Gasteiger partial charge in [-0.15, -0.1) is 0 Å². The Morgan fingerprint density at radius 1 is 1.44 bits per heavy atom. The molecule has 1 rings (SSSR count). The van der Waals surface area contributed by atoms with Crippen LogP contribution in [0.15, 0.2) is 30.3 Å². The van der Waals surface area contributed by atoms with Gasteiger partial charge in [-0.2, -0.15) is 0 Å². The van der Waals surface area contributed by atoms with Crippen molar-refractivity contribution >= 4 is 12.0 Å².